The molecule has 1 amide bonds. The van der Waals surface area contributed by atoms with Crippen LogP contribution < -0.4 is 4.74 Å². The van der Waals surface area contributed by atoms with Crippen molar-refractivity contribution in [2.24, 2.45) is 0 Å². The number of halogens is 3. The number of nitrogens with zero attached hydrogens (tertiary/aromatic N) is 3. The fourth-order valence-corrected chi connectivity index (χ4v) is 5.41. The van der Waals surface area contributed by atoms with Crippen molar-refractivity contribution in [3.63, 3.8) is 0 Å². The molecule has 2 aromatic rings. The smallest absolute Gasteiger partial charge is 0.431 e. The van der Waals surface area contributed by atoms with Crippen molar-refractivity contribution in [1.29, 1.82) is 0 Å². The van der Waals surface area contributed by atoms with Gasteiger partial charge in [-0.05, 0) is 69.5 Å². The number of ether oxygens (including phenoxy) is 1. The number of benzene rings is 1. The summed E-state index contributed by atoms with van der Waals surface area (Å²) >= 11 is 0. The maximum Gasteiger partial charge on any atom is 0.431 e. The quantitative estimate of drug-likeness (QED) is 0.693. The van der Waals surface area contributed by atoms with Crippen LogP contribution in [0.5, 0.6) is 5.75 Å². The van der Waals surface area contributed by atoms with Gasteiger partial charge in [0.15, 0.2) is 0 Å². The predicted molar refractivity (Wildman–Crippen MR) is 124 cm³/mol. The molecule has 0 atom stereocenters. The van der Waals surface area contributed by atoms with Crippen molar-refractivity contribution in [2.75, 3.05) is 32.8 Å². The SMILES string of the molecule is Cc1cc(C(=O)N2CCC3(CC2)c2ccc(C(F)(F)F)n2CCN3CCO)ccc1OC(C)C.[HH]. The Bertz CT molecular complexity index is 1050. The van der Waals surface area contributed by atoms with Crippen molar-refractivity contribution in [1.82, 2.24) is 14.4 Å². The average molecular weight is 482 g/mol. The van der Waals surface area contributed by atoms with Crippen molar-refractivity contribution in [2.45, 2.75) is 58.0 Å². The predicted octanol–water partition coefficient (Wildman–Crippen LogP) is 4.29. The van der Waals surface area contributed by atoms with E-state index in [-0.39, 0.29) is 26.6 Å². The monoisotopic (exact) mass is 481 g/mol. The first-order valence-corrected chi connectivity index (χ1v) is 11.8. The van der Waals surface area contributed by atoms with Gasteiger partial charge < -0.3 is 19.3 Å². The van der Waals surface area contributed by atoms with Crippen LogP contribution in [0.15, 0.2) is 30.3 Å². The summed E-state index contributed by atoms with van der Waals surface area (Å²) in [5, 5.41) is 9.60. The lowest BCUT2D eigenvalue weighted by Gasteiger charge is -2.52. The van der Waals surface area contributed by atoms with E-state index in [0.717, 1.165) is 17.4 Å². The molecule has 0 radical (unpaired) electrons. The number of rotatable bonds is 5. The van der Waals surface area contributed by atoms with Gasteiger partial charge >= 0.3 is 6.18 Å². The number of β-amino-alcohol motifs (C(OH)–C–C–N with tert-alkyl or cyclic N) is 1. The van der Waals surface area contributed by atoms with Crippen molar-refractivity contribution in [3.05, 3.63) is 52.8 Å². The summed E-state index contributed by atoms with van der Waals surface area (Å²) in [6, 6.07) is 8.12. The highest BCUT2D eigenvalue weighted by molar-refractivity contribution is 5.94. The largest absolute Gasteiger partial charge is 0.491 e. The standard InChI is InChI=1S/C25H32F3N3O3.H2/c1-17(2)34-20-5-4-19(16-18(20)3)23(33)29-10-8-24(9-11-29)21-6-7-22(25(26,27)28)31(21)13-12-30(24)14-15-32;/h4-7,16-17,32H,8-15H2,1-3H3;1H. The van der Waals surface area contributed by atoms with Crippen molar-refractivity contribution in [3.8, 4) is 5.75 Å². The zero-order valence-corrected chi connectivity index (χ0v) is 19.9. The molecule has 9 heteroatoms. The Labute approximate surface area is 199 Å². The van der Waals surface area contributed by atoms with Gasteiger partial charge in [-0.25, -0.2) is 0 Å². The first-order chi connectivity index (χ1) is 16.1. The molecule has 1 aromatic carbocycles. The van der Waals surface area contributed by atoms with Crippen LogP contribution in [-0.2, 0) is 18.3 Å². The molecule has 0 aliphatic carbocycles. The highest BCUT2D eigenvalue weighted by Crippen LogP contribution is 2.44. The number of aryl methyl sites for hydroxylation is 1. The first kappa shape index (κ1) is 24.6. The lowest BCUT2D eigenvalue weighted by Crippen LogP contribution is -2.58. The second-order valence-corrected chi connectivity index (χ2v) is 9.43. The van der Waals surface area contributed by atoms with E-state index >= 15 is 0 Å². The Kier molecular flexibility index (Phi) is 6.70. The maximum atomic E-state index is 13.6. The number of carbonyl (C=O) groups is 1. The first-order valence-electron chi connectivity index (χ1n) is 11.8. The molecule has 1 spiro atoms. The normalized spacial score (nSPS) is 18.4. The summed E-state index contributed by atoms with van der Waals surface area (Å²) in [5.74, 6) is 0.650. The number of piperidine rings is 1. The van der Waals surface area contributed by atoms with Crippen LogP contribution in [-0.4, -0.2) is 64.3 Å². The number of hydrogen-bond acceptors (Lipinski definition) is 4. The minimum absolute atomic E-state index is 0. The molecule has 2 aliphatic rings. The summed E-state index contributed by atoms with van der Waals surface area (Å²) in [6.45, 7) is 7.62. The molecule has 0 unspecified atom stereocenters. The van der Waals surface area contributed by atoms with Crippen LogP contribution >= 0.6 is 0 Å². The molecule has 6 nitrogen and oxygen atoms in total. The lowest BCUT2D eigenvalue weighted by molar-refractivity contribution is -0.145. The van der Waals surface area contributed by atoms with E-state index in [4.69, 9.17) is 4.74 Å². The molecule has 1 N–H and O–H groups in total. The third-order valence-corrected chi connectivity index (χ3v) is 6.98. The second-order valence-electron chi connectivity index (χ2n) is 9.43. The zero-order chi connectivity index (χ0) is 24.7. The van der Waals surface area contributed by atoms with Crippen molar-refractivity contribution >= 4 is 5.91 Å². The van der Waals surface area contributed by atoms with Crippen LogP contribution in [0.2, 0.25) is 0 Å². The fourth-order valence-electron chi connectivity index (χ4n) is 5.41. The number of hydrogen-bond donors (Lipinski definition) is 1. The number of amides is 1. The van der Waals surface area contributed by atoms with E-state index in [1.807, 2.05) is 32.9 Å². The molecule has 0 saturated carbocycles. The van der Waals surface area contributed by atoms with Crippen LogP contribution in [0.3, 0.4) is 0 Å². The molecular weight excluding hydrogens is 447 g/mol. The number of fused-ring (bicyclic) bond motifs is 2. The number of aliphatic hydroxyl groups is 1. The van der Waals surface area contributed by atoms with E-state index in [1.165, 1.54) is 4.57 Å². The third kappa shape index (κ3) is 4.43. The lowest BCUT2D eigenvalue weighted by atomic mass is 9.81. The van der Waals surface area contributed by atoms with E-state index in [0.29, 0.717) is 50.3 Å². The molecule has 2 aliphatic heterocycles. The summed E-state index contributed by atoms with van der Waals surface area (Å²) in [6.07, 6.45) is -3.37. The van der Waals surface area contributed by atoms with Gasteiger partial charge in [0.05, 0.1) is 18.2 Å². The highest BCUT2D eigenvalue weighted by atomic mass is 19.4. The average Bonchev–Trinajstić information content (AvgIpc) is 3.23. The molecule has 1 aromatic heterocycles. The van der Waals surface area contributed by atoms with E-state index in [1.54, 1.807) is 17.0 Å². The van der Waals surface area contributed by atoms with Gasteiger partial charge in [0, 0.05) is 45.4 Å². The summed E-state index contributed by atoms with van der Waals surface area (Å²) in [4.78, 5) is 17.1. The Balaban J connectivity index is 0.00000342. The van der Waals surface area contributed by atoms with Gasteiger partial charge in [-0.15, -0.1) is 0 Å². The Morgan fingerprint density at radius 3 is 2.44 bits per heavy atom. The number of likely N-dealkylation sites (tertiary alicyclic amines) is 1. The van der Waals surface area contributed by atoms with Crippen LogP contribution in [0.25, 0.3) is 0 Å². The van der Waals surface area contributed by atoms with Gasteiger partial charge in [0.2, 0.25) is 0 Å². The minimum atomic E-state index is -4.42. The van der Waals surface area contributed by atoms with Gasteiger partial charge in [0.25, 0.3) is 5.91 Å². The summed E-state index contributed by atoms with van der Waals surface area (Å²) < 4.78 is 47.8. The van der Waals surface area contributed by atoms with Gasteiger partial charge in [-0.1, -0.05) is 0 Å². The molecule has 4 rings (SSSR count). The maximum absolute atomic E-state index is 13.6. The van der Waals surface area contributed by atoms with Gasteiger partial charge in [-0.3, -0.25) is 9.69 Å². The Morgan fingerprint density at radius 1 is 1.15 bits per heavy atom. The minimum Gasteiger partial charge on any atom is -0.491 e. The van der Waals surface area contributed by atoms with Gasteiger partial charge in [-0.2, -0.15) is 13.2 Å². The third-order valence-electron chi connectivity index (χ3n) is 6.98. The molecule has 1 saturated heterocycles. The van der Waals surface area contributed by atoms with Crippen LogP contribution in [0, 0.1) is 6.92 Å². The molecule has 34 heavy (non-hydrogen) atoms. The number of aliphatic hydroxyl groups excluding tert-OH is 1. The molecule has 0 bridgehead atoms. The Hall–Kier alpha value is -2.52. The van der Waals surface area contributed by atoms with E-state index in [2.05, 4.69) is 4.90 Å². The molecule has 3 heterocycles. The van der Waals surface area contributed by atoms with Crippen LogP contribution in [0.1, 0.15) is 55.4 Å². The highest BCUT2D eigenvalue weighted by Gasteiger charge is 2.48. The number of alkyl halides is 3. The molecule has 1 fully saturated rings. The summed E-state index contributed by atoms with van der Waals surface area (Å²) in [7, 11) is 0. The number of carbonyl (C=O) groups excluding carboxylic acids is 1. The topological polar surface area (TPSA) is 57.9 Å². The van der Waals surface area contributed by atoms with E-state index < -0.39 is 17.4 Å². The Morgan fingerprint density at radius 2 is 1.85 bits per heavy atom. The van der Waals surface area contributed by atoms with Crippen molar-refractivity contribution < 1.29 is 29.2 Å². The fraction of sp³-hybridized carbons (Fsp3) is 0.560. The zero-order valence-electron chi connectivity index (χ0n) is 19.9. The van der Waals surface area contributed by atoms with Gasteiger partial charge in [0.1, 0.15) is 11.4 Å². The van der Waals surface area contributed by atoms with Crippen LogP contribution in [0.4, 0.5) is 13.2 Å². The summed E-state index contributed by atoms with van der Waals surface area (Å²) in [5.41, 5.74) is 0.808. The number of aromatic nitrogens is 1. The second kappa shape index (κ2) is 9.26. The molecule has 188 valence electrons. The van der Waals surface area contributed by atoms with E-state index in [9.17, 15) is 23.1 Å². The molecular formula is C25H34F3N3O3.